The maximum absolute atomic E-state index is 10.6. The lowest BCUT2D eigenvalue weighted by molar-refractivity contribution is -0.137. The third-order valence-corrected chi connectivity index (χ3v) is 3.76. The molecular formula is C14H23N3O2. The lowest BCUT2D eigenvalue weighted by Gasteiger charge is -2.16. The Morgan fingerprint density at radius 1 is 1.58 bits per heavy atom. The minimum absolute atomic E-state index is 0.298. The summed E-state index contributed by atoms with van der Waals surface area (Å²) >= 11 is 0. The minimum atomic E-state index is -0.681. The van der Waals surface area contributed by atoms with E-state index >= 15 is 0 Å². The molecule has 0 aliphatic carbocycles. The van der Waals surface area contributed by atoms with Crippen molar-refractivity contribution < 1.29 is 9.90 Å². The van der Waals surface area contributed by atoms with Crippen LogP contribution in [0.25, 0.3) is 0 Å². The maximum atomic E-state index is 10.6. The Kier molecular flexibility index (Phi) is 4.96. The fraction of sp³-hybridized carbons (Fsp3) is 0.714. The zero-order valence-electron chi connectivity index (χ0n) is 11.6. The van der Waals surface area contributed by atoms with Gasteiger partial charge >= 0.3 is 5.97 Å². The second-order valence-electron chi connectivity index (χ2n) is 5.37. The molecule has 0 radical (unpaired) electrons. The van der Waals surface area contributed by atoms with Crippen LogP contribution in [0.2, 0.25) is 0 Å². The molecule has 0 saturated carbocycles. The van der Waals surface area contributed by atoms with Gasteiger partial charge in [-0.15, -0.1) is 0 Å². The Morgan fingerprint density at radius 2 is 2.42 bits per heavy atom. The van der Waals surface area contributed by atoms with Crippen LogP contribution >= 0.6 is 0 Å². The van der Waals surface area contributed by atoms with Gasteiger partial charge in [-0.25, -0.2) is 0 Å². The normalized spacial score (nSPS) is 19.9. The fourth-order valence-corrected chi connectivity index (χ4v) is 2.76. The predicted octanol–water partition coefficient (Wildman–Crippen LogP) is 1.98. The zero-order chi connectivity index (χ0) is 13.7. The van der Waals surface area contributed by atoms with Crippen molar-refractivity contribution in [2.24, 2.45) is 5.92 Å². The molecule has 2 rings (SSSR count). The molecule has 0 amide bonds. The van der Waals surface area contributed by atoms with Gasteiger partial charge in [-0.1, -0.05) is 6.92 Å². The highest BCUT2D eigenvalue weighted by Crippen LogP contribution is 2.22. The topological polar surface area (TPSA) is 58.4 Å². The van der Waals surface area contributed by atoms with Crippen LogP contribution in [0, 0.1) is 5.92 Å². The van der Waals surface area contributed by atoms with E-state index in [-0.39, 0.29) is 0 Å². The number of aromatic nitrogens is 2. The lowest BCUT2D eigenvalue weighted by Crippen LogP contribution is -2.22. The van der Waals surface area contributed by atoms with E-state index in [9.17, 15) is 4.79 Å². The van der Waals surface area contributed by atoms with Crippen molar-refractivity contribution >= 4 is 5.97 Å². The number of aryl methyl sites for hydroxylation is 1. The summed E-state index contributed by atoms with van der Waals surface area (Å²) in [5.74, 6) is -0.141. The number of carbonyl (C=O) groups is 1. The smallest absolute Gasteiger partial charge is 0.303 e. The number of nitrogens with zero attached hydrogens (tertiary/aromatic N) is 3. The first-order valence-electron chi connectivity index (χ1n) is 7.14. The Morgan fingerprint density at radius 3 is 3.16 bits per heavy atom. The number of carboxylic acids is 1. The lowest BCUT2D eigenvalue weighted by atomic mass is 10.0. The van der Waals surface area contributed by atoms with Crippen LogP contribution in [0.5, 0.6) is 0 Å². The highest BCUT2D eigenvalue weighted by atomic mass is 16.4. The van der Waals surface area contributed by atoms with Crippen molar-refractivity contribution in [3.8, 4) is 0 Å². The standard InChI is InChI=1S/C14H23N3O2/c1-2-8-17-13(5-7-15-17)11-16-9-6-12(10-16)3-4-14(18)19/h5,7,12H,2-4,6,8-11H2,1H3,(H,18,19). The van der Waals surface area contributed by atoms with E-state index in [1.165, 1.54) is 5.69 Å². The quantitative estimate of drug-likeness (QED) is 0.819. The molecule has 0 spiro atoms. The first kappa shape index (κ1) is 14.1. The molecule has 1 aromatic heterocycles. The first-order valence-corrected chi connectivity index (χ1v) is 7.14. The van der Waals surface area contributed by atoms with Crippen molar-refractivity contribution in [2.45, 2.75) is 45.7 Å². The molecular weight excluding hydrogens is 242 g/mol. The molecule has 1 unspecified atom stereocenters. The summed E-state index contributed by atoms with van der Waals surface area (Å²) in [4.78, 5) is 13.0. The molecule has 1 aliphatic rings. The molecule has 1 saturated heterocycles. The van der Waals surface area contributed by atoms with Gasteiger partial charge in [-0.2, -0.15) is 5.10 Å². The molecule has 5 heteroatoms. The van der Waals surface area contributed by atoms with Crippen LogP contribution < -0.4 is 0 Å². The van der Waals surface area contributed by atoms with Gasteiger partial charge in [-0.05, 0) is 37.8 Å². The highest BCUT2D eigenvalue weighted by Gasteiger charge is 2.23. The van der Waals surface area contributed by atoms with Gasteiger partial charge in [0.05, 0.1) is 5.69 Å². The van der Waals surface area contributed by atoms with Crippen molar-refractivity contribution in [1.82, 2.24) is 14.7 Å². The van der Waals surface area contributed by atoms with E-state index in [0.29, 0.717) is 12.3 Å². The summed E-state index contributed by atoms with van der Waals surface area (Å²) < 4.78 is 2.07. The summed E-state index contributed by atoms with van der Waals surface area (Å²) in [7, 11) is 0. The van der Waals surface area contributed by atoms with E-state index in [0.717, 1.165) is 45.4 Å². The average molecular weight is 265 g/mol. The Labute approximate surface area is 114 Å². The Balaban J connectivity index is 1.81. The van der Waals surface area contributed by atoms with Crippen molar-refractivity contribution in [2.75, 3.05) is 13.1 Å². The monoisotopic (exact) mass is 265 g/mol. The van der Waals surface area contributed by atoms with E-state index in [1.54, 1.807) is 0 Å². The second kappa shape index (κ2) is 6.70. The number of rotatable bonds is 7. The molecule has 0 aromatic carbocycles. The van der Waals surface area contributed by atoms with Gasteiger partial charge in [0.15, 0.2) is 0 Å². The molecule has 1 N–H and O–H groups in total. The van der Waals surface area contributed by atoms with E-state index in [2.05, 4.69) is 27.7 Å². The fourth-order valence-electron chi connectivity index (χ4n) is 2.76. The Hall–Kier alpha value is -1.36. The predicted molar refractivity (Wildman–Crippen MR) is 72.8 cm³/mol. The zero-order valence-corrected chi connectivity index (χ0v) is 11.6. The van der Waals surface area contributed by atoms with E-state index < -0.39 is 5.97 Å². The van der Waals surface area contributed by atoms with E-state index in [4.69, 9.17) is 5.11 Å². The van der Waals surface area contributed by atoms with Crippen LogP contribution in [0.1, 0.15) is 38.3 Å². The number of hydrogen-bond donors (Lipinski definition) is 1. The van der Waals surface area contributed by atoms with Crippen LogP contribution in [-0.4, -0.2) is 38.8 Å². The first-order chi connectivity index (χ1) is 9.19. The van der Waals surface area contributed by atoms with Gasteiger partial charge < -0.3 is 5.11 Å². The van der Waals surface area contributed by atoms with Gasteiger partial charge in [0.25, 0.3) is 0 Å². The van der Waals surface area contributed by atoms with Crippen molar-refractivity contribution in [3.05, 3.63) is 18.0 Å². The highest BCUT2D eigenvalue weighted by molar-refractivity contribution is 5.66. The third-order valence-electron chi connectivity index (χ3n) is 3.76. The molecule has 2 heterocycles. The van der Waals surface area contributed by atoms with Crippen molar-refractivity contribution in [1.29, 1.82) is 0 Å². The van der Waals surface area contributed by atoms with Crippen molar-refractivity contribution in [3.63, 3.8) is 0 Å². The SMILES string of the molecule is CCCn1nccc1CN1CCC(CCC(=O)O)C1. The second-order valence-corrected chi connectivity index (χ2v) is 5.37. The van der Waals surface area contributed by atoms with Crippen LogP contribution in [0.4, 0.5) is 0 Å². The van der Waals surface area contributed by atoms with Crippen LogP contribution in [0.3, 0.4) is 0 Å². The summed E-state index contributed by atoms with van der Waals surface area (Å²) in [5.41, 5.74) is 1.26. The molecule has 1 aliphatic heterocycles. The maximum Gasteiger partial charge on any atom is 0.303 e. The number of hydrogen-bond acceptors (Lipinski definition) is 3. The molecule has 106 valence electrons. The summed E-state index contributed by atoms with van der Waals surface area (Å²) in [6.07, 6.45) is 5.18. The molecule has 1 fully saturated rings. The molecule has 5 nitrogen and oxygen atoms in total. The summed E-state index contributed by atoms with van der Waals surface area (Å²) in [5, 5.41) is 13.1. The van der Waals surface area contributed by atoms with Gasteiger partial charge in [-0.3, -0.25) is 14.4 Å². The Bertz CT molecular complexity index is 417. The van der Waals surface area contributed by atoms with Crippen LogP contribution in [-0.2, 0) is 17.9 Å². The van der Waals surface area contributed by atoms with Gasteiger partial charge in [0, 0.05) is 32.3 Å². The molecule has 0 bridgehead atoms. The number of carboxylic acid groups (broad SMARTS) is 1. The van der Waals surface area contributed by atoms with E-state index in [1.807, 2.05) is 6.20 Å². The number of aliphatic carboxylic acids is 1. The van der Waals surface area contributed by atoms with Gasteiger partial charge in [0.1, 0.15) is 0 Å². The largest absolute Gasteiger partial charge is 0.481 e. The van der Waals surface area contributed by atoms with Gasteiger partial charge in [0.2, 0.25) is 0 Å². The summed E-state index contributed by atoms with van der Waals surface area (Å²) in [6, 6.07) is 2.08. The molecule has 19 heavy (non-hydrogen) atoms. The van der Waals surface area contributed by atoms with Crippen LogP contribution in [0.15, 0.2) is 12.3 Å². The molecule has 1 atom stereocenters. The molecule has 1 aromatic rings. The number of likely N-dealkylation sites (tertiary alicyclic amines) is 1. The summed E-state index contributed by atoms with van der Waals surface area (Å²) in [6.45, 7) is 6.15. The average Bonchev–Trinajstić information content (AvgIpc) is 2.98. The third kappa shape index (κ3) is 4.06. The minimum Gasteiger partial charge on any atom is -0.481 e.